The summed E-state index contributed by atoms with van der Waals surface area (Å²) in [4.78, 5) is 0. The van der Waals surface area contributed by atoms with Crippen LogP contribution in [0.2, 0.25) is 0 Å². The van der Waals surface area contributed by atoms with Gasteiger partial charge in [-0.2, -0.15) is 0 Å². The van der Waals surface area contributed by atoms with Gasteiger partial charge in [0.05, 0.1) is 0 Å². The van der Waals surface area contributed by atoms with Crippen molar-refractivity contribution in [3.8, 4) is 0 Å². The third-order valence-electron chi connectivity index (χ3n) is 4.06. The van der Waals surface area contributed by atoms with Gasteiger partial charge in [-0.05, 0) is 31.9 Å². The first-order chi connectivity index (χ1) is 9.13. The minimum atomic E-state index is -1.13. The average molecular weight is 271 g/mol. The summed E-state index contributed by atoms with van der Waals surface area (Å²) in [6.45, 7) is 0. The number of rotatable bonds is 3. The first-order valence-corrected chi connectivity index (χ1v) is 6.95. The Morgan fingerprint density at radius 3 is 2.11 bits per heavy atom. The smallest absolute Gasteiger partial charge is 0.161 e. The summed E-state index contributed by atoms with van der Waals surface area (Å²) in [5.41, 5.74) is 0.244. The second-order valence-electron chi connectivity index (χ2n) is 5.31. The van der Waals surface area contributed by atoms with Crippen molar-refractivity contribution in [3.63, 3.8) is 0 Å². The number of halogens is 3. The predicted molar refractivity (Wildman–Crippen MR) is 69.3 cm³/mol. The lowest BCUT2D eigenvalue weighted by molar-refractivity contribution is 0.330. The number of nitrogens with one attached hydrogen (secondary N) is 1. The minimum Gasteiger partial charge on any atom is -0.313 e. The molecular formula is C15H20F3N. The van der Waals surface area contributed by atoms with E-state index in [4.69, 9.17) is 0 Å². The van der Waals surface area contributed by atoms with Crippen LogP contribution in [0.1, 0.15) is 50.1 Å². The maximum atomic E-state index is 13.9. The van der Waals surface area contributed by atoms with Gasteiger partial charge in [0.25, 0.3) is 0 Å². The Morgan fingerprint density at radius 2 is 1.53 bits per heavy atom. The van der Waals surface area contributed by atoms with Crippen LogP contribution in [-0.4, -0.2) is 7.05 Å². The minimum absolute atomic E-state index is 0.242. The molecule has 0 aromatic heterocycles. The van der Waals surface area contributed by atoms with Crippen molar-refractivity contribution in [1.29, 1.82) is 0 Å². The third-order valence-corrected chi connectivity index (χ3v) is 4.06. The molecule has 0 amide bonds. The molecule has 1 unspecified atom stereocenters. The van der Waals surface area contributed by atoms with E-state index in [0.717, 1.165) is 31.7 Å². The molecule has 0 saturated heterocycles. The van der Waals surface area contributed by atoms with Gasteiger partial charge >= 0.3 is 0 Å². The number of benzene rings is 1. The van der Waals surface area contributed by atoms with Crippen molar-refractivity contribution in [2.24, 2.45) is 5.92 Å². The van der Waals surface area contributed by atoms with Crippen LogP contribution in [0.5, 0.6) is 0 Å². The summed E-state index contributed by atoms with van der Waals surface area (Å²) in [6.07, 6.45) is 6.65. The Bertz CT molecular complexity index is 426. The van der Waals surface area contributed by atoms with Crippen LogP contribution in [0.15, 0.2) is 12.1 Å². The molecule has 4 heteroatoms. The van der Waals surface area contributed by atoms with E-state index in [0.29, 0.717) is 6.07 Å². The number of hydrogen-bond donors (Lipinski definition) is 1. The molecule has 0 aliphatic heterocycles. The van der Waals surface area contributed by atoms with Gasteiger partial charge < -0.3 is 5.32 Å². The lowest BCUT2D eigenvalue weighted by Crippen LogP contribution is -2.26. The fourth-order valence-corrected chi connectivity index (χ4v) is 3.07. The summed E-state index contributed by atoms with van der Waals surface area (Å²) in [7, 11) is 1.75. The molecule has 1 aromatic rings. The summed E-state index contributed by atoms with van der Waals surface area (Å²) < 4.78 is 40.2. The van der Waals surface area contributed by atoms with Crippen molar-refractivity contribution in [3.05, 3.63) is 35.1 Å². The molecule has 0 bridgehead atoms. The van der Waals surface area contributed by atoms with Crippen LogP contribution in [0.25, 0.3) is 0 Å². The molecule has 1 N–H and O–H groups in total. The van der Waals surface area contributed by atoms with Gasteiger partial charge in [-0.1, -0.05) is 25.7 Å². The molecule has 1 atom stereocenters. The average Bonchev–Trinajstić information content (AvgIpc) is 2.65. The maximum absolute atomic E-state index is 13.9. The van der Waals surface area contributed by atoms with E-state index in [-0.39, 0.29) is 17.5 Å². The highest BCUT2D eigenvalue weighted by Gasteiger charge is 2.26. The zero-order valence-electron chi connectivity index (χ0n) is 11.2. The summed E-state index contributed by atoms with van der Waals surface area (Å²) in [5, 5.41) is 3.07. The standard InChI is InChI=1S/C15H20F3N/c1-19-15(10-6-4-2-3-5-7-10)11-8-13(17)14(18)9-12(11)16/h8-10,15,19H,2-7H2,1H3. The Kier molecular flexibility index (Phi) is 4.86. The first kappa shape index (κ1) is 14.4. The highest BCUT2D eigenvalue weighted by atomic mass is 19.2. The van der Waals surface area contributed by atoms with Gasteiger partial charge in [0.15, 0.2) is 11.6 Å². The molecule has 1 nitrogen and oxygen atoms in total. The van der Waals surface area contributed by atoms with Gasteiger partial charge in [-0.3, -0.25) is 0 Å². The Labute approximate surface area is 112 Å². The fraction of sp³-hybridized carbons (Fsp3) is 0.600. The molecule has 1 aromatic carbocycles. The monoisotopic (exact) mass is 271 g/mol. The largest absolute Gasteiger partial charge is 0.313 e. The van der Waals surface area contributed by atoms with Crippen molar-refractivity contribution in [1.82, 2.24) is 5.32 Å². The van der Waals surface area contributed by atoms with E-state index < -0.39 is 17.5 Å². The molecule has 1 saturated carbocycles. The molecule has 0 spiro atoms. The third kappa shape index (κ3) is 3.30. The molecule has 19 heavy (non-hydrogen) atoms. The van der Waals surface area contributed by atoms with Gasteiger partial charge in [0.2, 0.25) is 0 Å². The van der Waals surface area contributed by atoms with Crippen LogP contribution >= 0.6 is 0 Å². The number of hydrogen-bond acceptors (Lipinski definition) is 1. The highest BCUT2D eigenvalue weighted by molar-refractivity contribution is 5.24. The molecule has 2 rings (SSSR count). The fourth-order valence-electron chi connectivity index (χ4n) is 3.07. The molecule has 1 aliphatic carbocycles. The zero-order chi connectivity index (χ0) is 13.8. The van der Waals surface area contributed by atoms with E-state index in [2.05, 4.69) is 5.32 Å². The van der Waals surface area contributed by atoms with Gasteiger partial charge in [-0.25, -0.2) is 13.2 Å². The second-order valence-corrected chi connectivity index (χ2v) is 5.31. The summed E-state index contributed by atoms with van der Waals surface area (Å²) >= 11 is 0. The lowest BCUT2D eigenvalue weighted by Gasteiger charge is -2.26. The Morgan fingerprint density at radius 1 is 0.947 bits per heavy atom. The van der Waals surface area contributed by atoms with Crippen LogP contribution in [0, 0.1) is 23.4 Å². The van der Waals surface area contributed by atoms with Gasteiger partial charge in [0, 0.05) is 17.7 Å². The van der Waals surface area contributed by atoms with Crippen LogP contribution in [0.4, 0.5) is 13.2 Å². The van der Waals surface area contributed by atoms with Crippen molar-refractivity contribution < 1.29 is 13.2 Å². The van der Waals surface area contributed by atoms with E-state index in [9.17, 15) is 13.2 Å². The normalized spacial score (nSPS) is 19.2. The molecule has 106 valence electrons. The van der Waals surface area contributed by atoms with Crippen LogP contribution < -0.4 is 5.32 Å². The lowest BCUT2D eigenvalue weighted by atomic mass is 9.87. The van der Waals surface area contributed by atoms with E-state index in [1.807, 2.05) is 0 Å². The molecule has 0 heterocycles. The maximum Gasteiger partial charge on any atom is 0.161 e. The Hall–Kier alpha value is -1.03. The molecular weight excluding hydrogens is 251 g/mol. The molecule has 1 aliphatic rings. The van der Waals surface area contributed by atoms with Crippen LogP contribution in [0.3, 0.4) is 0 Å². The molecule has 1 fully saturated rings. The van der Waals surface area contributed by atoms with Crippen LogP contribution in [-0.2, 0) is 0 Å². The van der Waals surface area contributed by atoms with E-state index in [1.54, 1.807) is 7.05 Å². The van der Waals surface area contributed by atoms with Gasteiger partial charge in [0.1, 0.15) is 5.82 Å². The predicted octanol–water partition coefficient (Wildman–Crippen LogP) is 4.33. The van der Waals surface area contributed by atoms with E-state index >= 15 is 0 Å². The molecule has 0 radical (unpaired) electrons. The first-order valence-electron chi connectivity index (χ1n) is 6.95. The zero-order valence-corrected chi connectivity index (χ0v) is 11.2. The Balaban J connectivity index is 2.27. The second kappa shape index (κ2) is 6.42. The van der Waals surface area contributed by atoms with Crippen molar-refractivity contribution >= 4 is 0 Å². The van der Waals surface area contributed by atoms with Crippen molar-refractivity contribution in [2.75, 3.05) is 7.05 Å². The summed E-state index contributed by atoms with van der Waals surface area (Å²) in [5.74, 6) is -2.49. The van der Waals surface area contributed by atoms with Gasteiger partial charge in [-0.15, -0.1) is 0 Å². The SMILES string of the molecule is CNC(c1cc(F)c(F)cc1F)C1CCCCCC1. The highest BCUT2D eigenvalue weighted by Crippen LogP contribution is 2.34. The summed E-state index contributed by atoms with van der Waals surface area (Å²) in [6, 6.07) is 1.40. The van der Waals surface area contributed by atoms with E-state index in [1.165, 1.54) is 12.8 Å². The quantitative estimate of drug-likeness (QED) is 0.637. The topological polar surface area (TPSA) is 12.0 Å². The van der Waals surface area contributed by atoms with Crippen molar-refractivity contribution in [2.45, 2.75) is 44.6 Å².